The molecule has 1 aliphatic rings. The summed E-state index contributed by atoms with van der Waals surface area (Å²) in [5.41, 5.74) is 7.80. The molecule has 0 unspecified atom stereocenters. The molecular weight excluding hydrogens is 240 g/mol. The molecule has 1 saturated heterocycles. The zero-order chi connectivity index (χ0) is 13.8. The number of carbonyl (C=O) groups is 1. The number of hydrogen-bond donors (Lipinski definition) is 1. The van der Waals surface area contributed by atoms with Crippen molar-refractivity contribution in [3.8, 4) is 5.75 Å². The van der Waals surface area contributed by atoms with Crippen molar-refractivity contribution >= 4 is 5.91 Å². The van der Waals surface area contributed by atoms with Crippen LogP contribution in [-0.4, -0.2) is 31.0 Å². The Morgan fingerprint density at radius 1 is 1.53 bits per heavy atom. The number of primary amides is 1. The summed E-state index contributed by atoms with van der Waals surface area (Å²) in [4.78, 5) is 13.6. The van der Waals surface area contributed by atoms with E-state index in [0.717, 1.165) is 43.8 Å². The van der Waals surface area contributed by atoms with Gasteiger partial charge in [0.1, 0.15) is 5.75 Å². The molecule has 1 aromatic rings. The van der Waals surface area contributed by atoms with Crippen LogP contribution in [-0.2, 0) is 11.3 Å². The summed E-state index contributed by atoms with van der Waals surface area (Å²) in [6, 6.07) is 6.23. The first kappa shape index (κ1) is 13.9. The zero-order valence-electron chi connectivity index (χ0n) is 11.7. The lowest BCUT2D eigenvalue weighted by Gasteiger charge is -2.31. The second-order valence-corrected chi connectivity index (χ2v) is 5.28. The number of piperidine rings is 1. The highest BCUT2D eigenvalue weighted by Crippen LogP contribution is 2.22. The third-order valence-electron chi connectivity index (χ3n) is 3.77. The minimum atomic E-state index is -0.171. The van der Waals surface area contributed by atoms with Crippen molar-refractivity contribution in [2.45, 2.75) is 26.3 Å². The Labute approximate surface area is 114 Å². The van der Waals surface area contributed by atoms with Crippen molar-refractivity contribution in [3.05, 3.63) is 29.3 Å². The number of likely N-dealkylation sites (tertiary alicyclic amines) is 1. The molecule has 0 aliphatic carbocycles. The number of nitrogens with zero attached hydrogens (tertiary/aromatic N) is 1. The number of rotatable bonds is 4. The summed E-state index contributed by atoms with van der Waals surface area (Å²) in [6.45, 7) is 4.73. The van der Waals surface area contributed by atoms with Gasteiger partial charge in [0.15, 0.2) is 0 Å². The number of ether oxygens (including phenoxy) is 1. The van der Waals surface area contributed by atoms with Crippen LogP contribution in [0.4, 0.5) is 0 Å². The van der Waals surface area contributed by atoms with E-state index in [1.807, 2.05) is 13.0 Å². The molecule has 4 nitrogen and oxygen atoms in total. The molecule has 0 aromatic heterocycles. The molecule has 1 fully saturated rings. The summed E-state index contributed by atoms with van der Waals surface area (Å²) in [7, 11) is 1.68. The molecule has 0 bridgehead atoms. The molecule has 2 N–H and O–H groups in total. The van der Waals surface area contributed by atoms with E-state index in [4.69, 9.17) is 10.5 Å². The first-order valence-corrected chi connectivity index (χ1v) is 6.75. The third-order valence-corrected chi connectivity index (χ3v) is 3.77. The molecule has 1 heterocycles. The maximum Gasteiger partial charge on any atom is 0.221 e. The Bertz CT molecular complexity index is 459. The van der Waals surface area contributed by atoms with Gasteiger partial charge >= 0.3 is 0 Å². The average Bonchev–Trinajstić information content (AvgIpc) is 2.39. The molecule has 1 aliphatic heterocycles. The summed E-state index contributed by atoms with van der Waals surface area (Å²) in [5, 5.41) is 0. The minimum Gasteiger partial charge on any atom is -0.496 e. The topological polar surface area (TPSA) is 55.6 Å². The smallest absolute Gasteiger partial charge is 0.221 e. The van der Waals surface area contributed by atoms with E-state index in [1.165, 1.54) is 5.56 Å². The van der Waals surface area contributed by atoms with Crippen LogP contribution < -0.4 is 10.5 Å². The second-order valence-electron chi connectivity index (χ2n) is 5.28. The minimum absolute atomic E-state index is 0.00750. The van der Waals surface area contributed by atoms with Gasteiger partial charge in [-0.05, 0) is 43.5 Å². The lowest BCUT2D eigenvalue weighted by Crippen LogP contribution is -2.40. The van der Waals surface area contributed by atoms with Crippen molar-refractivity contribution in [1.82, 2.24) is 4.90 Å². The Morgan fingerprint density at radius 3 is 2.95 bits per heavy atom. The quantitative estimate of drug-likeness (QED) is 0.898. The van der Waals surface area contributed by atoms with E-state index in [2.05, 4.69) is 17.0 Å². The fraction of sp³-hybridized carbons (Fsp3) is 0.533. The summed E-state index contributed by atoms with van der Waals surface area (Å²) >= 11 is 0. The van der Waals surface area contributed by atoms with Crippen molar-refractivity contribution in [3.63, 3.8) is 0 Å². The lowest BCUT2D eigenvalue weighted by molar-refractivity contribution is -0.123. The van der Waals surface area contributed by atoms with Gasteiger partial charge in [-0.25, -0.2) is 0 Å². The van der Waals surface area contributed by atoms with Crippen LogP contribution in [0.3, 0.4) is 0 Å². The predicted molar refractivity (Wildman–Crippen MR) is 74.9 cm³/mol. The highest BCUT2D eigenvalue weighted by Gasteiger charge is 2.23. The largest absolute Gasteiger partial charge is 0.496 e. The van der Waals surface area contributed by atoms with Crippen LogP contribution in [0.5, 0.6) is 5.75 Å². The first-order chi connectivity index (χ1) is 9.10. The molecule has 4 heteroatoms. The number of hydrogen-bond acceptors (Lipinski definition) is 3. The van der Waals surface area contributed by atoms with Gasteiger partial charge in [0, 0.05) is 13.1 Å². The van der Waals surface area contributed by atoms with Crippen LogP contribution in [0, 0.1) is 12.8 Å². The zero-order valence-corrected chi connectivity index (χ0v) is 11.7. The van der Waals surface area contributed by atoms with Crippen LogP contribution >= 0.6 is 0 Å². The first-order valence-electron chi connectivity index (χ1n) is 6.75. The molecule has 2 rings (SSSR count). The highest BCUT2D eigenvalue weighted by atomic mass is 16.5. The van der Waals surface area contributed by atoms with Crippen LogP contribution in [0.2, 0.25) is 0 Å². The number of amides is 1. The predicted octanol–water partition coefficient (Wildman–Crippen LogP) is 1.70. The second kappa shape index (κ2) is 6.06. The van der Waals surface area contributed by atoms with Gasteiger partial charge in [0.2, 0.25) is 5.91 Å². The monoisotopic (exact) mass is 262 g/mol. The van der Waals surface area contributed by atoms with Crippen molar-refractivity contribution in [2.75, 3.05) is 20.2 Å². The Balaban J connectivity index is 2.00. The fourth-order valence-electron chi connectivity index (χ4n) is 2.73. The highest BCUT2D eigenvalue weighted by molar-refractivity contribution is 5.76. The average molecular weight is 262 g/mol. The van der Waals surface area contributed by atoms with Gasteiger partial charge in [-0.15, -0.1) is 0 Å². The Hall–Kier alpha value is -1.55. The SMILES string of the molecule is COc1ccc(CN2CCC[C@H](C(N)=O)C2)cc1C. The Morgan fingerprint density at radius 2 is 2.32 bits per heavy atom. The van der Waals surface area contributed by atoms with Crippen LogP contribution in [0.25, 0.3) is 0 Å². The molecule has 1 amide bonds. The van der Waals surface area contributed by atoms with Gasteiger partial charge < -0.3 is 10.5 Å². The van der Waals surface area contributed by atoms with E-state index in [9.17, 15) is 4.79 Å². The summed E-state index contributed by atoms with van der Waals surface area (Å²) in [6.07, 6.45) is 1.97. The molecule has 1 atom stereocenters. The van der Waals surface area contributed by atoms with Gasteiger partial charge in [0.05, 0.1) is 13.0 Å². The summed E-state index contributed by atoms with van der Waals surface area (Å²) in [5.74, 6) is 0.751. The maximum absolute atomic E-state index is 11.3. The van der Waals surface area contributed by atoms with Crippen molar-refractivity contribution in [1.29, 1.82) is 0 Å². The number of methoxy groups -OCH3 is 1. The van der Waals surface area contributed by atoms with E-state index in [1.54, 1.807) is 7.11 Å². The van der Waals surface area contributed by atoms with Crippen LogP contribution in [0.15, 0.2) is 18.2 Å². The van der Waals surface area contributed by atoms with Gasteiger partial charge in [0.25, 0.3) is 0 Å². The van der Waals surface area contributed by atoms with E-state index in [0.29, 0.717) is 0 Å². The van der Waals surface area contributed by atoms with Gasteiger partial charge in [-0.3, -0.25) is 9.69 Å². The molecule has 19 heavy (non-hydrogen) atoms. The van der Waals surface area contributed by atoms with E-state index >= 15 is 0 Å². The van der Waals surface area contributed by atoms with Crippen LogP contribution in [0.1, 0.15) is 24.0 Å². The molecule has 1 aromatic carbocycles. The van der Waals surface area contributed by atoms with E-state index in [-0.39, 0.29) is 11.8 Å². The molecule has 0 spiro atoms. The van der Waals surface area contributed by atoms with Gasteiger partial charge in [-0.2, -0.15) is 0 Å². The molecular formula is C15H22N2O2. The van der Waals surface area contributed by atoms with Crippen molar-refractivity contribution < 1.29 is 9.53 Å². The van der Waals surface area contributed by atoms with Crippen molar-refractivity contribution in [2.24, 2.45) is 11.7 Å². The molecule has 0 saturated carbocycles. The lowest BCUT2D eigenvalue weighted by atomic mass is 9.97. The fourth-order valence-corrected chi connectivity index (χ4v) is 2.73. The third kappa shape index (κ3) is 3.47. The molecule has 0 radical (unpaired) electrons. The molecule has 104 valence electrons. The van der Waals surface area contributed by atoms with E-state index < -0.39 is 0 Å². The number of aryl methyl sites for hydroxylation is 1. The van der Waals surface area contributed by atoms with Gasteiger partial charge in [-0.1, -0.05) is 12.1 Å². The number of benzene rings is 1. The normalized spacial score (nSPS) is 20.2. The maximum atomic E-state index is 11.3. The number of carbonyl (C=O) groups excluding carboxylic acids is 1. The summed E-state index contributed by atoms with van der Waals surface area (Å²) < 4.78 is 5.26. The number of nitrogens with two attached hydrogens (primary N) is 1. The standard InChI is InChI=1S/C15H22N2O2/c1-11-8-12(5-6-14(11)19-2)9-17-7-3-4-13(10-17)15(16)18/h5-6,8,13H,3-4,7,9-10H2,1-2H3,(H2,16,18)/t13-/m0/s1. The Kier molecular flexibility index (Phi) is 4.43.